The minimum atomic E-state index is 0.140. The predicted octanol–water partition coefficient (Wildman–Crippen LogP) is 2.34. The van der Waals surface area contributed by atoms with Crippen molar-refractivity contribution in [3.05, 3.63) is 28.3 Å². The largest absolute Gasteiger partial charge is 0.506 e. The van der Waals surface area contributed by atoms with Gasteiger partial charge in [-0.25, -0.2) is 0 Å². The van der Waals surface area contributed by atoms with Crippen LogP contribution in [0.5, 0.6) is 5.75 Å². The molecular weight excluding hydrogens is 198 g/mol. The molecule has 0 unspecified atom stereocenters. The summed E-state index contributed by atoms with van der Waals surface area (Å²) in [6.07, 6.45) is 2.26. The smallest absolute Gasteiger partial charge is 0.134 e. The van der Waals surface area contributed by atoms with Gasteiger partial charge in [0.15, 0.2) is 0 Å². The molecule has 1 aliphatic rings. The summed E-state index contributed by atoms with van der Waals surface area (Å²) in [6.45, 7) is 2.65. The van der Waals surface area contributed by atoms with Crippen LogP contribution in [0.15, 0.2) is 12.1 Å². The standard InChI is InChI=1S/C11H14ClNO/c1-7-4-10(14)9(12)5-8(7)11(6-13)2-3-11/h4-5,14H,2-3,6,13H2,1H3. The molecule has 76 valence electrons. The first kappa shape index (κ1) is 9.81. The van der Waals surface area contributed by atoms with E-state index in [-0.39, 0.29) is 11.2 Å². The molecule has 0 atom stereocenters. The molecule has 1 aromatic carbocycles. The number of aromatic hydroxyl groups is 1. The van der Waals surface area contributed by atoms with Gasteiger partial charge in [-0.2, -0.15) is 0 Å². The Morgan fingerprint density at radius 1 is 1.50 bits per heavy atom. The third kappa shape index (κ3) is 1.39. The molecule has 3 heteroatoms. The average Bonchev–Trinajstić information content (AvgIpc) is 2.92. The number of phenolic OH excluding ortho intramolecular Hbond substituents is 1. The topological polar surface area (TPSA) is 46.2 Å². The van der Waals surface area contributed by atoms with Gasteiger partial charge in [-0.1, -0.05) is 11.6 Å². The zero-order valence-electron chi connectivity index (χ0n) is 8.18. The molecular formula is C11H14ClNO. The Labute approximate surface area is 88.7 Å². The Bertz CT molecular complexity index is 372. The van der Waals surface area contributed by atoms with Crippen LogP contribution in [0.4, 0.5) is 0 Å². The fraction of sp³-hybridized carbons (Fsp3) is 0.455. The Kier molecular flexibility index (Phi) is 2.20. The lowest BCUT2D eigenvalue weighted by Crippen LogP contribution is -2.20. The van der Waals surface area contributed by atoms with Gasteiger partial charge in [0.05, 0.1) is 5.02 Å². The molecule has 3 N–H and O–H groups in total. The average molecular weight is 212 g/mol. The van der Waals surface area contributed by atoms with E-state index in [0.717, 1.165) is 18.4 Å². The Balaban J connectivity index is 2.49. The van der Waals surface area contributed by atoms with E-state index in [1.807, 2.05) is 13.0 Å². The van der Waals surface area contributed by atoms with Gasteiger partial charge >= 0.3 is 0 Å². The third-order valence-electron chi connectivity index (χ3n) is 3.11. The zero-order valence-corrected chi connectivity index (χ0v) is 8.93. The van der Waals surface area contributed by atoms with E-state index >= 15 is 0 Å². The predicted molar refractivity (Wildman–Crippen MR) is 57.8 cm³/mol. The lowest BCUT2D eigenvalue weighted by molar-refractivity contribution is 0.474. The van der Waals surface area contributed by atoms with Crippen LogP contribution in [0.3, 0.4) is 0 Å². The van der Waals surface area contributed by atoms with E-state index in [9.17, 15) is 5.11 Å². The Hall–Kier alpha value is -0.730. The number of nitrogens with two attached hydrogens (primary N) is 1. The Morgan fingerprint density at radius 2 is 2.14 bits per heavy atom. The van der Waals surface area contributed by atoms with Crippen molar-refractivity contribution in [2.45, 2.75) is 25.2 Å². The van der Waals surface area contributed by atoms with Gasteiger partial charge in [0.1, 0.15) is 5.75 Å². The summed E-state index contributed by atoms with van der Waals surface area (Å²) in [7, 11) is 0. The van der Waals surface area contributed by atoms with Gasteiger partial charge < -0.3 is 10.8 Å². The first-order valence-corrected chi connectivity index (χ1v) is 5.16. The third-order valence-corrected chi connectivity index (χ3v) is 3.41. The van der Waals surface area contributed by atoms with Gasteiger partial charge in [-0.05, 0) is 43.0 Å². The highest BCUT2D eigenvalue weighted by Gasteiger charge is 2.43. The first-order chi connectivity index (χ1) is 6.59. The normalized spacial score (nSPS) is 18.2. The van der Waals surface area contributed by atoms with Gasteiger partial charge in [0.2, 0.25) is 0 Å². The van der Waals surface area contributed by atoms with Crippen molar-refractivity contribution in [3.8, 4) is 5.75 Å². The highest BCUT2D eigenvalue weighted by Crippen LogP contribution is 2.49. The van der Waals surface area contributed by atoms with Gasteiger partial charge in [0, 0.05) is 12.0 Å². The summed E-state index contributed by atoms with van der Waals surface area (Å²) >= 11 is 5.89. The molecule has 14 heavy (non-hydrogen) atoms. The highest BCUT2D eigenvalue weighted by atomic mass is 35.5. The zero-order chi connectivity index (χ0) is 10.3. The van der Waals surface area contributed by atoms with Crippen LogP contribution in [-0.2, 0) is 5.41 Å². The van der Waals surface area contributed by atoms with E-state index in [2.05, 4.69) is 0 Å². The van der Waals surface area contributed by atoms with Crippen molar-refractivity contribution in [1.82, 2.24) is 0 Å². The number of aryl methyl sites for hydroxylation is 1. The minimum Gasteiger partial charge on any atom is -0.506 e. The van der Waals surface area contributed by atoms with Crippen molar-refractivity contribution in [1.29, 1.82) is 0 Å². The molecule has 0 aromatic heterocycles. The summed E-state index contributed by atoms with van der Waals surface area (Å²) in [5.74, 6) is 0.153. The van der Waals surface area contributed by atoms with Crippen LogP contribution < -0.4 is 5.73 Å². The molecule has 0 spiro atoms. The van der Waals surface area contributed by atoms with Crippen LogP contribution in [0.2, 0.25) is 5.02 Å². The van der Waals surface area contributed by atoms with Crippen LogP contribution >= 0.6 is 11.6 Å². The molecule has 0 bridgehead atoms. The molecule has 1 saturated carbocycles. The summed E-state index contributed by atoms with van der Waals surface area (Å²) in [4.78, 5) is 0. The van der Waals surface area contributed by atoms with Gasteiger partial charge in [-0.3, -0.25) is 0 Å². The molecule has 0 heterocycles. The Morgan fingerprint density at radius 3 is 2.64 bits per heavy atom. The van der Waals surface area contributed by atoms with E-state index in [1.165, 1.54) is 5.56 Å². The minimum absolute atomic E-state index is 0.140. The van der Waals surface area contributed by atoms with Crippen LogP contribution in [0, 0.1) is 6.92 Å². The molecule has 0 amide bonds. The van der Waals surface area contributed by atoms with Gasteiger partial charge in [-0.15, -0.1) is 0 Å². The maximum Gasteiger partial charge on any atom is 0.134 e. The van der Waals surface area contributed by atoms with Crippen LogP contribution in [0.1, 0.15) is 24.0 Å². The number of hydrogen-bond donors (Lipinski definition) is 2. The quantitative estimate of drug-likeness (QED) is 0.789. The summed E-state index contributed by atoms with van der Waals surface area (Å²) in [6, 6.07) is 3.57. The molecule has 0 saturated heterocycles. The van der Waals surface area contributed by atoms with Crippen molar-refractivity contribution in [3.63, 3.8) is 0 Å². The van der Waals surface area contributed by atoms with Crippen molar-refractivity contribution in [2.75, 3.05) is 6.54 Å². The van der Waals surface area contributed by atoms with Crippen molar-refractivity contribution in [2.24, 2.45) is 5.73 Å². The summed E-state index contributed by atoms with van der Waals surface area (Å²) < 4.78 is 0. The van der Waals surface area contributed by atoms with E-state index in [0.29, 0.717) is 11.6 Å². The van der Waals surface area contributed by atoms with Crippen LogP contribution in [-0.4, -0.2) is 11.7 Å². The van der Waals surface area contributed by atoms with Crippen molar-refractivity contribution >= 4 is 11.6 Å². The second kappa shape index (κ2) is 3.14. The molecule has 0 radical (unpaired) electrons. The number of halogens is 1. The lowest BCUT2D eigenvalue weighted by Gasteiger charge is -2.16. The van der Waals surface area contributed by atoms with Gasteiger partial charge in [0.25, 0.3) is 0 Å². The monoisotopic (exact) mass is 211 g/mol. The van der Waals surface area contributed by atoms with E-state index < -0.39 is 0 Å². The first-order valence-electron chi connectivity index (χ1n) is 4.79. The maximum atomic E-state index is 9.42. The van der Waals surface area contributed by atoms with E-state index in [4.69, 9.17) is 17.3 Å². The molecule has 0 aliphatic heterocycles. The van der Waals surface area contributed by atoms with E-state index in [1.54, 1.807) is 6.07 Å². The molecule has 1 aliphatic carbocycles. The lowest BCUT2D eigenvalue weighted by atomic mass is 9.92. The molecule has 2 rings (SSSR count). The summed E-state index contributed by atoms with van der Waals surface area (Å²) in [5, 5.41) is 9.84. The maximum absolute atomic E-state index is 9.42. The van der Waals surface area contributed by atoms with Crippen molar-refractivity contribution < 1.29 is 5.11 Å². The molecule has 1 fully saturated rings. The number of hydrogen-bond acceptors (Lipinski definition) is 2. The fourth-order valence-corrected chi connectivity index (χ4v) is 2.14. The second-order valence-electron chi connectivity index (χ2n) is 4.10. The summed E-state index contributed by atoms with van der Waals surface area (Å²) in [5.41, 5.74) is 8.17. The number of benzene rings is 1. The number of phenols is 1. The fourth-order valence-electron chi connectivity index (χ4n) is 1.97. The van der Waals surface area contributed by atoms with Crippen LogP contribution in [0.25, 0.3) is 0 Å². The second-order valence-corrected chi connectivity index (χ2v) is 4.51. The molecule has 2 nitrogen and oxygen atoms in total. The number of rotatable bonds is 2. The SMILES string of the molecule is Cc1cc(O)c(Cl)cc1C1(CN)CC1. The molecule has 1 aromatic rings. The highest BCUT2D eigenvalue weighted by molar-refractivity contribution is 6.32.